The first-order chi connectivity index (χ1) is 12.5. The zero-order valence-corrected chi connectivity index (χ0v) is 16.4. The van der Waals surface area contributed by atoms with Crippen molar-refractivity contribution in [1.82, 2.24) is 15.1 Å². The van der Waals surface area contributed by atoms with Crippen molar-refractivity contribution in [3.63, 3.8) is 0 Å². The summed E-state index contributed by atoms with van der Waals surface area (Å²) in [6, 6.07) is 9.25. The lowest BCUT2D eigenvalue weighted by atomic mass is 10.0. The van der Waals surface area contributed by atoms with Crippen molar-refractivity contribution in [3.8, 4) is 0 Å². The molecule has 2 fully saturated rings. The number of ether oxygens (including phenoxy) is 1. The minimum atomic E-state index is 0.197. The summed E-state index contributed by atoms with van der Waals surface area (Å²) in [6.45, 7) is 11.6. The number of piperidine rings is 1. The van der Waals surface area contributed by atoms with Crippen molar-refractivity contribution >= 4 is 5.91 Å². The third-order valence-electron chi connectivity index (χ3n) is 5.53. The van der Waals surface area contributed by atoms with Gasteiger partial charge in [-0.2, -0.15) is 0 Å². The van der Waals surface area contributed by atoms with Gasteiger partial charge in [-0.1, -0.05) is 24.3 Å². The highest BCUT2D eigenvalue weighted by atomic mass is 16.5. The summed E-state index contributed by atoms with van der Waals surface area (Å²) in [5, 5.41) is 3.71. The molecule has 0 spiro atoms. The molecule has 2 aliphatic heterocycles. The van der Waals surface area contributed by atoms with Gasteiger partial charge in [0, 0.05) is 52.2 Å². The fourth-order valence-corrected chi connectivity index (χ4v) is 4.19. The van der Waals surface area contributed by atoms with Crippen molar-refractivity contribution in [3.05, 3.63) is 35.4 Å². The van der Waals surface area contributed by atoms with E-state index < -0.39 is 0 Å². The molecule has 1 N–H and O–H groups in total. The van der Waals surface area contributed by atoms with Crippen LogP contribution in [0.25, 0.3) is 0 Å². The van der Waals surface area contributed by atoms with Crippen LogP contribution >= 0.6 is 0 Å². The zero-order chi connectivity index (χ0) is 18.5. The number of benzene rings is 1. The van der Waals surface area contributed by atoms with Gasteiger partial charge in [-0.3, -0.25) is 9.69 Å². The largest absolute Gasteiger partial charge is 0.373 e. The van der Waals surface area contributed by atoms with Gasteiger partial charge in [0.1, 0.15) is 0 Å². The van der Waals surface area contributed by atoms with Gasteiger partial charge >= 0.3 is 0 Å². The van der Waals surface area contributed by atoms with Gasteiger partial charge in [-0.05, 0) is 37.8 Å². The number of hydrogen-bond acceptors (Lipinski definition) is 4. The SMILES string of the molecule is CC(=O)N1CCC(NCc2ccccc2CN2CC(C)OC(C)C2)CC1. The van der Waals surface area contributed by atoms with E-state index in [1.54, 1.807) is 6.92 Å². The van der Waals surface area contributed by atoms with Gasteiger partial charge in [0.25, 0.3) is 0 Å². The number of amides is 1. The number of hydrogen-bond donors (Lipinski definition) is 1. The molecule has 5 nitrogen and oxygen atoms in total. The Hall–Kier alpha value is -1.43. The van der Waals surface area contributed by atoms with E-state index in [9.17, 15) is 4.79 Å². The van der Waals surface area contributed by atoms with E-state index in [1.807, 2.05) is 4.90 Å². The highest BCUT2D eigenvalue weighted by Crippen LogP contribution is 2.18. The molecule has 2 unspecified atom stereocenters. The monoisotopic (exact) mass is 359 g/mol. The van der Waals surface area contributed by atoms with E-state index in [0.29, 0.717) is 18.2 Å². The molecule has 1 amide bonds. The van der Waals surface area contributed by atoms with Gasteiger partial charge in [0.15, 0.2) is 0 Å². The van der Waals surface area contributed by atoms with Crippen molar-refractivity contribution in [2.24, 2.45) is 0 Å². The van der Waals surface area contributed by atoms with Crippen LogP contribution in [0.2, 0.25) is 0 Å². The Balaban J connectivity index is 1.53. The normalized spacial score (nSPS) is 25.4. The summed E-state index contributed by atoms with van der Waals surface area (Å²) >= 11 is 0. The van der Waals surface area contributed by atoms with Crippen LogP contribution in [0, 0.1) is 0 Å². The third kappa shape index (κ3) is 5.29. The Morgan fingerprint density at radius 3 is 2.35 bits per heavy atom. The Labute approximate surface area is 157 Å². The molecule has 2 aliphatic rings. The first-order valence-electron chi connectivity index (χ1n) is 9.94. The lowest BCUT2D eigenvalue weighted by Gasteiger charge is -2.35. The van der Waals surface area contributed by atoms with Gasteiger partial charge in [-0.25, -0.2) is 0 Å². The molecule has 26 heavy (non-hydrogen) atoms. The van der Waals surface area contributed by atoms with Crippen LogP contribution in [0.5, 0.6) is 0 Å². The van der Waals surface area contributed by atoms with Gasteiger partial charge in [0.05, 0.1) is 12.2 Å². The van der Waals surface area contributed by atoms with Crippen LogP contribution < -0.4 is 5.32 Å². The Bertz CT molecular complexity index is 589. The van der Waals surface area contributed by atoms with E-state index >= 15 is 0 Å². The molecule has 0 aromatic heterocycles. The second-order valence-corrected chi connectivity index (χ2v) is 7.88. The third-order valence-corrected chi connectivity index (χ3v) is 5.53. The van der Waals surface area contributed by atoms with E-state index in [1.165, 1.54) is 11.1 Å². The zero-order valence-electron chi connectivity index (χ0n) is 16.4. The molecule has 2 saturated heterocycles. The number of rotatable bonds is 5. The van der Waals surface area contributed by atoms with Gasteiger partial charge in [0.2, 0.25) is 5.91 Å². The second kappa shape index (κ2) is 8.98. The molecular formula is C21H33N3O2. The molecule has 0 saturated carbocycles. The maximum atomic E-state index is 11.5. The molecule has 0 aliphatic carbocycles. The topological polar surface area (TPSA) is 44.8 Å². The number of morpholine rings is 1. The van der Waals surface area contributed by atoms with Crippen molar-refractivity contribution in [2.45, 2.75) is 65.0 Å². The number of nitrogens with one attached hydrogen (secondary N) is 1. The van der Waals surface area contributed by atoms with E-state index in [4.69, 9.17) is 4.74 Å². The van der Waals surface area contributed by atoms with Crippen LogP contribution in [-0.2, 0) is 22.6 Å². The molecule has 1 aromatic carbocycles. The van der Waals surface area contributed by atoms with E-state index in [2.05, 4.69) is 48.3 Å². The molecule has 1 aromatic rings. The quantitative estimate of drug-likeness (QED) is 0.877. The summed E-state index contributed by atoms with van der Waals surface area (Å²) in [5.41, 5.74) is 2.79. The molecule has 3 rings (SSSR count). The van der Waals surface area contributed by atoms with Gasteiger partial charge < -0.3 is 15.0 Å². The predicted octanol–water partition coefficient (Wildman–Crippen LogP) is 2.40. The van der Waals surface area contributed by atoms with Crippen LogP contribution in [0.1, 0.15) is 44.7 Å². The predicted molar refractivity (Wildman–Crippen MR) is 104 cm³/mol. The number of likely N-dealkylation sites (tertiary alicyclic amines) is 1. The minimum Gasteiger partial charge on any atom is -0.373 e. The standard InChI is InChI=1S/C21H33N3O2/c1-16-13-23(14-17(2)26-16)15-20-7-5-4-6-19(20)12-22-21-8-10-24(11-9-21)18(3)25/h4-7,16-17,21-22H,8-15H2,1-3H3. The summed E-state index contributed by atoms with van der Waals surface area (Å²) in [5.74, 6) is 0.197. The van der Waals surface area contributed by atoms with Crippen molar-refractivity contribution in [2.75, 3.05) is 26.2 Å². The fourth-order valence-electron chi connectivity index (χ4n) is 4.19. The highest BCUT2D eigenvalue weighted by molar-refractivity contribution is 5.73. The maximum absolute atomic E-state index is 11.5. The molecule has 0 radical (unpaired) electrons. The Kier molecular flexibility index (Phi) is 6.68. The summed E-state index contributed by atoms with van der Waals surface area (Å²) in [6.07, 6.45) is 2.69. The fraction of sp³-hybridized carbons (Fsp3) is 0.667. The molecule has 144 valence electrons. The summed E-state index contributed by atoms with van der Waals surface area (Å²) in [4.78, 5) is 15.9. The molecule has 0 bridgehead atoms. The van der Waals surface area contributed by atoms with Crippen LogP contribution in [0.4, 0.5) is 0 Å². The first kappa shape index (κ1) is 19.3. The second-order valence-electron chi connectivity index (χ2n) is 7.88. The highest BCUT2D eigenvalue weighted by Gasteiger charge is 2.23. The number of carbonyl (C=O) groups excluding carboxylic acids is 1. The lowest BCUT2D eigenvalue weighted by Crippen LogP contribution is -2.45. The van der Waals surface area contributed by atoms with Crippen LogP contribution in [0.3, 0.4) is 0 Å². The van der Waals surface area contributed by atoms with Crippen LogP contribution in [0.15, 0.2) is 24.3 Å². The van der Waals surface area contributed by atoms with Gasteiger partial charge in [-0.15, -0.1) is 0 Å². The van der Waals surface area contributed by atoms with E-state index in [0.717, 1.165) is 52.1 Å². The smallest absolute Gasteiger partial charge is 0.219 e. The number of nitrogens with zero attached hydrogens (tertiary/aromatic N) is 2. The summed E-state index contributed by atoms with van der Waals surface area (Å²) < 4.78 is 5.85. The lowest BCUT2D eigenvalue weighted by molar-refractivity contribution is -0.129. The average Bonchev–Trinajstić information content (AvgIpc) is 2.60. The van der Waals surface area contributed by atoms with Crippen molar-refractivity contribution in [1.29, 1.82) is 0 Å². The summed E-state index contributed by atoms with van der Waals surface area (Å²) in [7, 11) is 0. The molecule has 2 atom stereocenters. The first-order valence-corrected chi connectivity index (χ1v) is 9.94. The minimum absolute atomic E-state index is 0.197. The Morgan fingerprint density at radius 1 is 1.12 bits per heavy atom. The molecular weight excluding hydrogens is 326 g/mol. The molecule has 2 heterocycles. The van der Waals surface area contributed by atoms with Crippen LogP contribution in [-0.4, -0.2) is 60.1 Å². The molecule has 5 heteroatoms. The Morgan fingerprint density at radius 2 is 1.73 bits per heavy atom. The average molecular weight is 360 g/mol. The number of carbonyl (C=O) groups is 1. The maximum Gasteiger partial charge on any atom is 0.219 e. The van der Waals surface area contributed by atoms with E-state index in [-0.39, 0.29) is 5.91 Å². The van der Waals surface area contributed by atoms with Crippen molar-refractivity contribution < 1.29 is 9.53 Å².